The molecular weight excluding hydrogens is 242 g/mol. The first-order valence-electron chi connectivity index (χ1n) is 6.35. The lowest BCUT2D eigenvalue weighted by Gasteiger charge is -2.29. The van der Waals surface area contributed by atoms with Crippen LogP contribution >= 0.6 is 0 Å². The summed E-state index contributed by atoms with van der Waals surface area (Å²) in [6.45, 7) is 4.03. The molecule has 2 heterocycles. The maximum absolute atomic E-state index is 9.56. The summed E-state index contributed by atoms with van der Waals surface area (Å²) in [5.74, 6) is 0.757. The summed E-state index contributed by atoms with van der Waals surface area (Å²) in [6.07, 6.45) is 3.46. The van der Waals surface area contributed by atoms with Gasteiger partial charge >= 0.3 is 0 Å². The first kappa shape index (κ1) is 13.5. The lowest BCUT2D eigenvalue weighted by Crippen LogP contribution is -2.39. The minimum atomic E-state index is -0.444. The van der Waals surface area contributed by atoms with E-state index in [1.807, 2.05) is 13.0 Å². The van der Waals surface area contributed by atoms with Crippen molar-refractivity contribution in [1.82, 2.24) is 15.0 Å². The maximum atomic E-state index is 9.56. The van der Waals surface area contributed by atoms with Gasteiger partial charge in [0.15, 0.2) is 5.82 Å². The van der Waals surface area contributed by atoms with Crippen LogP contribution in [0.25, 0.3) is 11.0 Å². The van der Waals surface area contributed by atoms with Crippen molar-refractivity contribution >= 4 is 22.8 Å². The number of nitrogens with zero attached hydrogens (tertiary/aromatic N) is 3. The van der Waals surface area contributed by atoms with Crippen LogP contribution in [0.15, 0.2) is 18.3 Å². The van der Waals surface area contributed by atoms with E-state index in [2.05, 4.69) is 27.2 Å². The summed E-state index contributed by atoms with van der Waals surface area (Å²) in [6, 6.07) is 3.64. The van der Waals surface area contributed by atoms with E-state index in [0.717, 1.165) is 12.8 Å². The Morgan fingerprint density at radius 3 is 2.89 bits per heavy atom. The summed E-state index contributed by atoms with van der Waals surface area (Å²) in [5.41, 5.74) is 6.61. The number of aromatic nitrogens is 3. The van der Waals surface area contributed by atoms with Gasteiger partial charge < -0.3 is 16.2 Å². The van der Waals surface area contributed by atoms with Crippen molar-refractivity contribution in [3.8, 4) is 0 Å². The molecule has 0 spiro atoms. The van der Waals surface area contributed by atoms with Crippen LogP contribution in [0.2, 0.25) is 0 Å². The molecule has 0 aromatic carbocycles. The minimum absolute atomic E-state index is 0.0130. The molecule has 4 N–H and O–H groups in total. The molecule has 2 aromatic rings. The van der Waals surface area contributed by atoms with E-state index in [1.54, 1.807) is 12.3 Å². The standard InChI is InChI=1S/C13H19N5O/c1-3-6-13(2,8-19)18-11-10-9(5-4-7-15-10)16-12(14)17-11/h4-5,7,19H,3,6,8H2,1-2H3,(H3,14,16,17,18)/t13-/m1/s1. The van der Waals surface area contributed by atoms with Crippen LogP contribution in [0, 0.1) is 0 Å². The second-order valence-corrected chi connectivity index (χ2v) is 4.90. The van der Waals surface area contributed by atoms with E-state index in [4.69, 9.17) is 5.73 Å². The number of nitrogens with two attached hydrogens (primary N) is 1. The van der Waals surface area contributed by atoms with Crippen molar-refractivity contribution < 1.29 is 5.11 Å². The number of anilines is 2. The fourth-order valence-corrected chi connectivity index (χ4v) is 2.09. The summed E-state index contributed by atoms with van der Waals surface area (Å²) in [4.78, 5) is 12.6. The van der Waals surface area contributed by atoms with Crippen molar-refractivity contribution in [3.63, 3.8) is 0 Å². The predicted molar refractivity (Wildman–Crippen MR) is 75.8 cm³/mol. The number of hydrogen-bond acceptors (Lipinski definition) is 6. The molecule has 6 nitrogen and oxygen atoms in total. The monoisotopic (exact) mass is 261 g/mol. The van der Waals surface area contributed by atoms with E-state index in [0.29, 0.717) is 16.9 Å². The number of aliphatic hydroxyl groups excluding tert-OH is 1. The highest BCUT2D eigenvalue weighted by atomic mass is 16.3. The van der Waals surface area contributed by atoms with Gasteiger partial charge in [0.2, 0.25) is 5.95 Å². The second kappa shape index (κ2) is 5.36. The highest BCUT2D eigenvalue weighted by Gasteiger charge is 2.24. The second-order valence-electron chi connectivity index (χ2n) is 4.90. The highest BCUT2D eigenvalue weighted by molar-refractivity contribution is 5.86. The molecule has 19 heavy (non-hydrogen) atoms. The molecule has 102 valence electrons. The molecule has 0 unspecified atom stereocenters. The van der Waals surface area contributed by atoms with Gasteiger partial charge in [-0.05, 0) is 25.5 Å². The Kier molecular flexibility index (Phi) is 3.80. The topological polar surface area (TPSA) is 97.0 Å². The van der Waals surface area contributed by atoms with Crippen molar-refractivity contribution in [1.29, 1.82) is 0 Å². The Hall–Kier alpha value is -1.95. The number of rotatable bonds is 5. The Balaban J connectivity index is 2.44. The molecule has 0 saturated heterocycles. The molecule has 6 heteroatoms. The van der Waals surface area contributed by atoms with Crippen LogP contribution in [-0.2, 0) is 0 Å². The first-order chi connectivity index (χ1) is 9.08. The Bertz CT molecular complexity index is 574. The van der Waals surface area contributed by atoms with Gasteiger partial charge in [-0.2, -0.15) is 4.98 Å². The molecule has 0 aliphatic carbocycles. The molecule has 0 fully saturated rings. The van der Waals surface area contributed by atoms with Gasteiger partial charge in [0, 0.05) is 6.20 Å². The van der Waals surface area contributed by atoms with Crippen molar-refractivity contribution in [2.75, 3.05) is 17.7 Å². The summed E-state index contributed by atoms with van der Waals surface area (Å²) in [7, 11) is 0. The van der Waals surface area contributed by atoms with Gasteiger partial charge in [0.1, 0.15) is 5.52 Å². The fourth-order valence-electron chi connectivity index (χ4n) is 2.09. The van der Waals surface area contributed by atoms with E-state index in [1.165, 1.54) is 0 Å². The normalized spacial score (nSPS) is 14.3. The number of aliphatic hydroxyl groups is 1. The van der Waals surface area contributed by atoms with Gasteiger partial charge in [0.05, 0.1) is 17.7 Å². The zero-order chi connectivity index (χ0) is 13.9. The average Bonchev–Trinajstić information content (AvgIpc) is 2.39. The summed E-state index contributed by atoms with van der Waals surface area (Å²) >= 11 is 0. The largest absolute Gasteiger partial charge is 0.394 e. The Labute approximate surface area is 112 Å². The lowest BCUT2D eigenvalue weighted by atomic mass is 9.97. The van der Waals surface area contributed by atoms with Crippen LogP contribution < -0.4 is 11.1 Å². The Morgan fingerprint density at radius 2 is 2.21 bits per heavy atom. The van der Waals surface area contributed by atoms with E-state index in [-0.39, 0.29) is 12.6 Å². The molecule has 1 atom stereocenters. The summed E-state index contributed by atoms with van der Waals surface area (Å²) < 4.78 is 0. The molecule has 2 aromatic heterocycles. The zero-order valence-corrected chi connectivity index (χ0v) is 11.2. The molecule has 2 rings (SSSR count). The maximum Gasteiger partial charge on any atom is 0.222 e. The van der Waals surface area contributed by atoms with Crippen molar-refractivity contribution in [2.45, 2.75) is 32.2 Å². The predicted octanol–water partition coefficient (Wildman–Crippen LogP) is 1.57. The third-order valence-corrected chi connectivity index (χ3v) is 3.04. The summed E-state index contributed by atoms with van der Waals surface area (Å²) in [5, 5.41) is 12.8. The van der Waals surface area contributed by atoms with E-state index in [9.17, 15) is 5.11 Å². The number of nitrogen functional groups attached to an aromatic ring is 1. The van der Waals surface area contributed by atoms with Gasteiger partial charge in [-0.25, -0.2) is 4.98 Å². The van der Waals surface area contributed by atoms with Crippen molar-refractivity contribution in [3.05, 3.63) is 18.3 Å². The lowest BCUT2D eigenvalue weighted by molar-refractivity contribution is 0.213. The first-order valence-corrected chi connectivity index (χ1v) is 6.35. The van der Waals surface area contributed by atoms with Gasteiger partial charge in [-0.3, -0.25) is 4.98 Å². The van der Waals surface area contributed by atoms with E-state index < -0.39 is 5.54 Å². The third-order valence-electron chi connectivity index (χ3n) is 3.04. The van der Waals surface area contributed by atoms with Crippen LogP contribution in [0.3, 0.4) is 0 Å². The SMILES string of the molecule is CCC[C@](C)(CO)Nc1nc(N)nc2cccnc12. The van der Waals surface area contributed by atoms with Gasteiger partial charge in [0.25, 0.3) is 0 Å². The number of nitrogens with one attached hydrogen (secondary N) is 1. The highest BCUT2D eigenvalue weighted by Crippen LogP contribution is 2.24. The zero-order valence-electron chi connectivity index (χ0n) is 11.2. The quantitative estimate of drug-likeness (QED) is 0.756. The average molecular weight is 261 g/mol. The van der Waals surface area contributed by atoms with Crippen molar-refractivity contribution in [2.24, 2.45) is 0 Å². The van der Waals surface area contributed by atoms with Gasteiger partial charge in [-0.1, -0.05) is 13.3 Å². The third kappa shape index (κ3) is 2.90. The number of hydrogen-bond donors (Lipinski definition) is 3. The number of fused-ring (bicyclic) bond motifs is 1. The molecule has 0 aliphatic heterocycles. The molecule has 0 amide bonds. The Morgan fingerprint density at radius 1 is 1.42 bits per heavy atom. The smallest absolute Gasteiger partial charge is 0.222 e. The van der Waals surface area contributed by atoms with Gasteiger partial charge in [-0.15, -0.1) is 0 Å². The number of pyridine rings is 1. The molecule has 0 radical (unpaired) electrons. The van der Waals surface area contributed by atoms with E-state index >= 15 is 0 Å². The molecule has 0 bridgehead atoms. The molecular formula is C13H19N5O. The molecule has 0 aliphatic rings. The van der Waals surface area contributed by atoms with Crippen LogP contribution in [0.5, 0.6) is 0 Å². The minimum Gasteiger partial charge on any atom is -0.394 e. The van der Waals surface area contributed by atoms with Crippen LogP contribution in [0.1, 0.15) is 26.7 Å². The van der Waals surface area contributed by atoms with Crippen LogP contribution in [0.4, 0.5) is 11.8 Å². The molecule has 0 saturated carbocycles. The van der Waals surface area contributed by atoms with Crippen LogP contribution in [-0.4, -0.2) is 32.2 Å². The fraction of sp³-hybridized carbons (Fsp3) is 0.462.